The first-order valence-corrected chi connectivity index (χ1v) is 14.2. The number of hydrogen-bond donors (Lipinski definition) is 1. The molecule has 1 saturated heterocycles. The van der Waals surface area contributed by atoms with Gasteiger partial charge in [-0.15, -0.1) is 0 Å². The maximum atomic E-state index is 12.1. The number of nitrogens with two attached hydrogens (primary N) is 1. The molecular formula is C30H37ClN4O. The number of hydrogen-bond acceptors (Lipinski definition) is 3. The maximum Gasteiger partial charge on any atom is 0.248 e. The molecule has 0 unspecified atom stereocenters. The topological polar surface area (TPSA) is 54.5 Å². The predicted octanol–water partition coefficient (Wildman–Crippen LogP) is 6.41. The van der Waals surface area contributed by atoms with E-state index in [0.29, 0.717) is 11.5 Å². The number of carbonyl (C=O) groups excluding carboxylic acids is 1. The molecule has 1 amide bonds. The minimum absolute atomic E-state index is 0.365. The van der Waals surface area contributed by atoms with Gasteiger partial charge in [-0.05, 0) is 80.6 Å². The lowest BCUT2D eigenvalue weighted by atomic mass is 9.81. The first-order chi connectivity index (χ1) is 17.6. The van der Waals surface area contributed by atoms with Crippen molar-refractivity contribution in [3.05, 3.63) is 52.5 Å². The molecule has 2 aromatic carbocycles. The first-order valence-electron chi connectivity index (χ1n) is 13.8. The monoisotopic (exact) mass is 504 g/mol. The highest BCUT2D eigenvalue weighted by Crippen LogP contribution is 2.47. The normalized spacial score (nSPS) is 19.2. The summed E-state index contributed by atoms with van der Waals surface area (Å²) in [6.45, 7) is 6.31. The molecule has 2 N–H and O–H groups in total. The number of benzene rings is 2. The molecule has 2 aliphatic heterocycles. The molecule has 0 radical (unpaired) electrons. The summed E-state index contributed by atoms with van der Waals surface area (Å²) in [6.07, 6.45) is 10.3. The summed E-state index contributed by atoms with van der Waals surface area (Å²) in [5.74, 6) is 0.177. The summed E-state index contributed by atoms with van der Waals surface area (Å²) in [4.78, 5) is 17.2. The van der Waals surface area contributed by atoms with Gasteiger partial charge in [0, 0.05) is 58.9 Å². The van der Waals surface area contributed by atoms with Gasteiger partial charge in [0.25, 0.3) is 0 Å². The third-order valence-corrected chi connectivity index (χ3v) is 8.92. The molecule has 3 heterocycles. The van der Waals surface area contributed by atoms with Crippen molar-refractivity contribution in [2.24, 2.45) is 5.73 Å². The fraction of sp³-hybridized carbons (Fsp3) is 0.500. The lowest BCUT2D eigenvalue weighted by Gasteiger charge is -2.31. The fourth-order valence-corrected chi connectivity index (χ4v) is 7.01. The Bertz CT molecular complexity index is 1270. The minimum atomic E-state index is -0.365. The number of halogens is 1. The van der Waals surface area contributed by atoms with Crippen LogP contribution in [-0.2, 0) is 6.54 Å². The largest absolute Gasteiger partial charge is 0.368 e. The second-order valence-electron chi connectivity index (χ2n) is 10.9. The lowest BCUT2D eigenvalue weighted by molar-refractivity contribution is 0.100. The van der Waals surface area contributed by atoms with Crippen molar-refractivity contribution in [3.8, 4) is 11.3 Å². The zero-order valence-corrected chi connectivity index (χ0v) is 21.9. The quantitative estimate of drug-likeness (QED) is 0.436. The number of nitrogens with zero attached hydrogens (tertiary/aromatic N) is 3. The van der Waals surface area contributed by atoms with E-state index in [1.165, 1.54) is 92.4 Å². The molecular weight excluding hydrogens is 468 g/mol. The molecule has 6 rings (SSSR count). The van der Waals surface area contributed by atoms with Crippen LogP contribution in [0.5, 0.6) is 0 Å². The Hall–Kier alpha value is -2.50. The first kappa shape index (κ1) is 23.9. The number of piperidine rings is 1. The number of rotatable bonds is 5. The van der Waals surface area contributed by atoms with Crippen LogP contribution in [0.4, 0.5) is 5.69 Å². The van der Waals surface area contributed by atoms with Gasteiger partial charge in [0.1, 0.15) is 0 Å². The van der Waals surface area contributed by atoms with Crippen LogP contribution in [0, 0.1) is 0 Å². The number of amides is 1. The van der Waals surface area contributed by atoms with Crippen LogP contribution in [0.3, 0.4) is 0 Å². The Morgan fingerprint density at radius 3 is 2.44 bits per heavy atom. The zero-order chi connectivity index (χ0) is 24.6. The van der Waals surface area contributed by atoms with Gasteiger partial charge in [-0.1, -0.05) is 43.4 Å². The van der Waals surface area contributed by atoms with E-state index in [0.717, 1.165) is 36.7 Å². The van der Waals surface area contributed by atoms with Crippen LogP contribution in [-0.4, -0.2) is 48.1 Å². The Morgan fingerprint density at radius 1 is 0.889 bits per heavy atom. The summed E-state index contributed by atoms with van der Waals surface area (Å²) in [7, 11) is 0. The van der Waals surface area contributed by atoms with Gasteiger partial charge in [0.2, 0.25) is 5.91 Å². The molecule has 1 aromatic heterocycles. The van der Waals surface area contributed by atoms with Crippen molar-refractivity contribution in [2.45, 2.75) is 63.8 Å². The van der Waals surface area contributed by atoms with Gasteiger partial charge >= 0.3 is 0 Å². The second kappa shape index (κ2) is 10.1. The standard InChI is InChI=1S/C30H37ClN4O/c31-23-10-12-25-26(20-23)34(16-15-33-13-5-2-6-14-33)17-18-35-27-19-22(30(32)36)9-11-24(27)28(29(25)35)21-7-3-1-4-8-21/h9-12,19-21H,1-8,13-18H2,(H2,32,36). The molecule has 190 valence electrons. The van der Waals surface area contributed by atoms with Gasteiger partial charge in [-0.25, -0.2) is 0 Å². The Kier molecular flexibility index (Phi) is 6.70. The third kappa shape index (κ3) is 4.41. The number of primary amides is 1. The minimum Gasteiger partial charge on any atom is -0.368 e. The Morgan fingerprint density at radius 2 is 1.67 bits per heavy atom. The van der Waals surface area contributed by atoms with E-state index in [-0.39, 0.29) is 5.91 Å². The highest BCUT2D eigenvalue weighted by Gasteiger charge is 2.31. The highest BCUT2D eigenvalue weighted by molar-refractivity contribution is 6.31. The van der Waals surface area contributed by atoms with Crippen molar-refractivity contribution in [1.29, 1.82) is 0 Å². The molecule has 0 spiro atoms. The number of fused-ring (bicyclic) bond motifs is 5. The van der Waals surface area contributed by atoms with Crippen molar-refractivity contribution in [2.75, 3.05) is 37.6 Å². The summed E-state index contributed by atoms with van der Waals surface area (Å²) < 4.78 is 2.47. The number of aromatic nitrogens is 1. The van der Waals surface area contributed by atoms with Gasteiger partial charge in [-0.3, -0.25) is 4.79 Å². The fourth-order valence-electron chi connectivity index (χ4n) is 6.84. The van der Waals surface area contributed by atoms with Crippen molar-refractivity contribution in [1.82, 2.24) is 9.47 Å². The highest BCUT2D eigenvalue weighted by atomic mass is 35.5. The molecule has 1 saturated carbocycles. The van der Waals surface area contributed by atoms with E-state index >= 15 is 0 Å². The van der Waals surface area contributed by atoms with Crippen LogP contribution >= 0.6 is 11.6 Å². The van der Waals surface area contributed by atoms with Crippen LogP contribution in [0.2, 0.25) is 5.02 Å². The molecule has 36 heavy (non-hydrogen) atoms. The van der Waals surface area contributed by atoms with Crippen LogP contribution in [0.1, 0.15) is 73.2 Å². The number of anilines is 1. The Balaban J connectivity index is 1.48. The summed E-state index contributed by atoms with van der Waals surface area (Å²) in [5, 5.41) is 2.07. The molecule has 0 atom stereocenters. The zero-order valence-electron chi connectivity index (χ0n) is 21.1. The van der Waals surface area contributed by atoms with Crippen LogP contribution < -0.4 is 10.6 Å². The van der Waals surface area contributed by atoms with Gasteiger partial charge < -0.3 is 20.1 Å². The molecule has 5 nitrogen and oxygen atoms in total. The average Bonchev–Trinajstić information content (AvgIpc) is 3.14. The van der Waals surface area contributed by atoms with Crippen molar-refractivity contribution < 1.29 is 4.79 Å². The Labute approximate surface area is 219 Å². The summed E-state index contributed by atoms with van der Waals surface area (Å²) in [6, 6.07) is 12.5. The van der Waals surface area contributed by atoms with Gasteiger partial charge in [0.15, 0.2) is 0 Å². The van der Waals surface area contributed by atoms with E-state index in [2.05, 4.69) is 32.6 Å². The maximum absolute atomic E-state index is 12.1. The van der Waals surface area contributed by atoms with Crippen LogP contribution in [0.25, 0.3) is 22.2 Å². The molecule has 2 fully saturated rings. The van der Waals surface area contributed by atoms with E-state index in [1.54, 1.807) is 0 Å². The summed E-state index contributed by atoms with van der Waals surface area (Å²) in [5.41, 5.74) is 12.7. The molecule has 3 aromatic rings. The van der Waals surface area contributed by atoms with E-state index in [9.17, 15) is 4.79 Å². The van der Waals surface area contributed by atoms with Gasteiger partial charge in [0.05, 0.1) is 5.69 Å². The number of carbonyl (C=O) groups is 1. The van der Waals surface area contributed by atoms with E-state index in [4.69, 9.17) is 17.3 Å². The van der Waals surface area contributed by atoms with E-state index < -0.39 is 0 Å². The lowest BCUT2D eigenvalue weighted by Crippen LogP contribution is -2.38. The van der Waals surface area contributed by atoms with Gasteiger partial charge in [-0.2, -0.15) is 0 Å². The van der Waals surface area contributed by atoms with Crippen molar-refractivity contribution >= 4 is 34.1 Å². The average molecular weight is 505 g/mol. The van der Waals surface area contributed by atoms with Crippen molar-refractivity contribution in [3.63, 3.8) is 0 Å². The smallest absolute Gasteiger partial charge is 0.248 e. The van der Waals surface area contributed by atoms with Crippen LogP contribution in [0.15, 0.2) is 36.4 Å². The third-order valence-electron chi connectivity index (χ3n) is 8.69. The number of likely N-dealkylation sites (tertiary alicyclic amines) is 1. The molecule has 6 heteroatoms. The predicted molar refractivity (Wildman–Crippen MR) is 149 cm³/mol. The second-order valence-corrected chi connectivity index (χ2v) is 11.3. The molecule has 0 bridgehead atoms. The SMILES string of the molecule is NC(=O)c1ccc2c(C3CCCCC3)c3n(c2c1)CCN(CCN1CCCCC1)c1cc(Cl)ccc1-3. The summed E-state index contributed by atoms with van der Waals surface area (Å²) >= 11 is 6.60. The molecule has 3 aliphatic rings. The molecule has 1 aliphatic carbocycles. The van der Waals surface area contributed by atoms with E-state index in [1.807, 2.05) is 18.2 Å².